The molecule has 97 valence electrons. The molecule has 19 heavy (non-hydrogen) atoms. The van der Waals surface area contributed by atoms with E-state index in [-0.39, 0.29) is 8.80 Å². The zero-order valence-electron chi connectivity index (χ0n) is 11.8. The van der Waals surface area contributed by atoms with Crippen molar-refractivity contribution in [2.45, 2.75) is 25.9 Å². The number of hydrogen-bond donors (Lipinski definition) is 0. The summed E-state index contributed by atoms with van der Waals surface area (Å²) in [6.07, 6.45) is 0. The van der Waals surface area contributed by atoms with Gasteiger partial charge in [-0.05, 0) is 16.7 Å². The SMILES string of the molecule is C=C(c1ccccc1)c1ccc([Si](CC)CC)cc1. The minimum Gasteiger partial charge on any atom is -0.0906 e. The zero-order chi connectivity index (χ0) is 13.7. The van der Waals surface area contributed by atoms with Gasteiger partial charge in [-0.1, -0.05) is 92.3 Å². The van der Waals surface area contributed by atoms with Crippen molar-refractivity contribution in [3.63, 3.8) is 0 Å². The van der Waals surface area contributed by atoms with Gasteiger partial charge in [-0.2, -0.15) is 0 Å². The second-order valence-corrected chi connectivity index (χ2v) is 7.93. The molecule has 0 aliphatic heterocycles. The molecule has 1 heteroatoms. The van der Waals surface area contributed by atoms with Crippen LogP contribution in [0, 0.1) is 0 Å². The van der Waals surface area contributed by atoms with Crippen LogP contribution in [0.25, 0.3) is 5.57 Å². The first-order valence-electron chi connectivity index (χ1n) is 6.96. The summed E-state index contributed by atoms with van der Waals surface area (Å²) in [7, 11) is -0.336. The fraction of sp³-hybridized carbons (Fsp3) is 0.222. The first-order valence-corrected chi connectivity index (χ1v) is 8.87. The van der Waals surface area contributed by atoms with E-state index in [0.29, 0.717) is 0 Å². The molecule has 0 amide bonds. The van der Waals surface area contributed by atoms with E-state index < -0.39 is 0 Å². The van der Waals surface area contributed by atoms with E-state index in [2.05, 4.69) is 69.0 Å². The van der Waals surface area contributed by atoms with Crippen LogP contribution in [0.5, 0.6) is 0 Å². The lowest BCUT2D eigenvalue weighted by Gasteiger charge is -2.12. The first kappa shape index (κ1) is 13.8. The van der Waals surface area contributed by atoms with Crippen molar-refractivity contribution in [3.05, 3.63) is 72.3 Å². The van der Waals surface area contributed by atoms with Gasteiger partial charge in [0.15, 0.2) is 0 Å². The van der Waals surface area contributed by atoms with Gasteiger partial charge >= 0.3 is 0 Å². The highest BCUT2D eigenvalue weighted by atomic mass is 28.3. The van der Waals surface area contributed by atoms with E-state index in [1.54, 1.807) is 5.19 Å². The molecule has 0 unspecified atom stereocenters. The van der Waals surface area contributed by atoms with Crippen LogP contribution in [-0.4, -0.2) is 8.80 Å². The Bertz CT molecular complexity index is 521. The molecule has 0 spiro atoms. The van der Waals surface area contributed by atoms with Crippen molar-refractivity contribution in [2.24, 2.45) is 0 Å². The lowest BCUT2D eigenvalue weighted by atomic mass is 10.00. The molecule has 0 nitrogen and oxygen atoms in total. The van der Waals surface area contributed by atoms with Crippen molar-refractivity contribution < 1.29 is 0 Å². The quantitative estimate of drug-likeness (QED) is 0.699. The van der Waals surface area contributed by atoms with Gasteiger partial charge in [-0.25, -0.2) is 0 Å². The number of benzene rings is 2. The van der Waals surface area contributed by atoms with Crippen LogP contribution < -0.4 is 5.19 Å². The van der Waals surface area contributed by atoms with Gasteiger partial charge in [-0.3, -0.25) is 0 Å². The average Bonchev–Trinajstić information content (AvgIpc) is 2.49. The highest BCUT2D eigenvalue weighted by Crippen LogP contribution is 2.20. The van der Waals surface area contributed by atoms with Gasteiger partial charge in [0.05, 0.1) is 8.80 Å². The number of rotatable bonds is 5. The van der Waals surface area contributed by atoms with Gasteiger partial charge in [0.2, 0.25) is 0 Å². The molecule has 1 radical (unpaired) electrons. The van der Waals surface area contributed by atoms with Crippen LogP contribution in [0.2, 0.25) is 12.1 Å². The predicted molar refractivity (Wildman–Crippen MR) is 87.4 cm³/mol. The van der Waals surface area contributed by atoms with Gasteiger partial charge in [0.25, 0.3) is 0 Å². The third kappa shape index (κ3) is 3.24. The Kier molecular flexibility index (Phi) is 4.75. The summed E-state index contributed by atoms with van der Waals surface area (Å²) in [5.41, 5.74) is 3.53. The van der Waals surface area contributed by atoms with E-state index in [9.17, 15) is 0 Å². The normalized spacial score (nSPS) is 10.7. The fourth-order valence-corrected chi connectivity index (χ4v) is 4.33. The highest BCUT2D eigenvalue weighted by Gasteiger charge is 2.09. The van der Waals surface area contributed by atoms with Crippen LogP contribution in [0.1, 0.15) is 25.0 Å². The molecule has 2 rings (SSSR count). The van der Waals surface area contributed by atoms with Crippen LogP contribution in [-0.2, 0) is 0 Å². The molecule has 0 bridgehead atoms. The summed E-state index contributed by atoms with van der Waals surface area (Å²) in [4.78, 5) is 0. The van der Waals surface area contributed by atoms with Gasteiger partial charge in [-0.15, -0.1) is 0 Å². The smallest absolute Gasteiger partial charge is 0.0850 e. The minimum absolute atomic E-state index is 0.336. The molecule has 0 aromatic heterocycles. The maximum atomic E-state index is 4.22. The predicted octanol–water partition coefficient (Wildman–Crippen LogP) is 4.49. The minimum atomic E-state index is -0.336. The molecule has 0 saturated carbocycles. The van der Waals surface area contributed by atoms with Crippen molar-refractivity contribution in [2.75, 3.05) is 0 Å². The molecule has 0 fully saturated rings. The van der Waals surface area contributed by atoms with Gasteiger partial charge in [0, 0.05) is 0 Å². The molecule has 0 aliphatic carbocycles. The van der Waals surface area contributed by atoms with Gasteiger partial charge in [0.1, 0.15) is 0 Å². The second-order valence-electron chi connectivity index (χ2n) is 4.73. The molecule has 0 aliphatic rings. The van der Waals surface area contributed by atoms with Crippen LogP contribution in [0.15, 0.2) is 61.2 Å². The van der Waals surface area contributed by atoms with Crippen LogP contribution in [0.4, 0.5) is 0 Å². The number of hydrogen-bond acceptors (Lipinski definition) is 0. The van der Waals surface area contributed by atoms with E-state index >= 15 is 0 Å². The van der Waals surface area contributed by atoms with Crippen molar-refractivity contribution in [1.82, 2.24) is 0 Å². The molecule has 2 aromatic carbocycles. The lowest BCUT2D eigenvalue weighted by molar-refractivity contribution is 1.33. The summed E-state index contributed by atoms with van der Waals surface area (Å²) < 4.78 is 0. The van der Waals surface area contributed by atoms with Crippen molar-refractivity contribution in [1.29, 1.82) is 0 Å². The summed E-state index contributed by atoms with van der Waals surface area (Å²) >= 11 is 0. The molecule has 2 aromatic rings. The topological polar surface area (TPSA) is 0 Å². The Morgan fingerprint density at radius 3 is 1.89 bits per heavy atom. The average molecular weight is 265 g/mol. The van der Waals surface area contributed by atoms with Crippen LogP contribution in [0.3, 0.4) is 0 Å². The summed E-state index contributed by atoms with van der Waals surface area (Å²) in [6, 6.07) is 22.0. The van der Waals surface area contributed by atoms with Crippen molar-refractivity contribution in [3.8, 4) is 0 Å². The van der Waals surface area contributed by atoms with Gasteiger partial charge < -0.3 is 0 Å². The first-order chi connectivity index (χ1) is 9.26. The Morgan fingerprint density at radius 1 is 0.842 bits per heavy atom. The molecule has 0 atom stereocenters. The summed E-state index contributed by atoms with van der Waals surface area (Å²) in [6.45, 7) is 8.82. The Hall–Kier alpha value is -1.60. The molecule has 0 N–H and O–H groups in total. The van der Waals surface area contributed by atoms with E-state index in [1.807, 2.05) is 6.07 Å². The zero-order valence-corrected chi connectivity index (χ0v) is 12.8. The van der Waals surface area contributed by atoms with Crippen LogP contribution >= 0.6 is 0 Å². The largest absolute Gasteiger partial charge is 0.0906 e. The monoisotopic (exact) mass is 265 g/mol. The maximum Gasteiger partial charge on any atom is 0.0850 e. The third-order valence-electron chi connectivity index (χ3n) is 3.62. The molecular weight excluding hydrogens is 244 g/mol. The van der Waals surface area contributed by atoms with E-state index in [0.717, 1.165) is 5.57 Å². The molecule has 0 heterocycles. The van der Waals surface area contributed by atoms with Crippen molar-refractivity contribution >= 4 is 19.6 Å². The third-order valence-corrected chi connectivity index (χ3v) is 6.47. The molecular formula is C18H21Si. The van der Waals surface area contributed by atoms with E-state index in [1.165, 1.54) is 23.2 Å². The summed E-state index contributed by atoms with van der Waals surface area (Å²) in [5.74, 6) is 0. The Balaban J connectivity index is 2.21. The summed E-state index contributed by atoms with van der Waals surface area (Å²) in [5, 5.41) is 1.54. The standard InChI is InChI=1S/C18H21Si/c1-4-19(5-2)18-13-11-17(12-14-18)15(3)16-9-7-6-8-10-16/h6-14H,3-5H2,1-2H3. The maximum absolute atomic E-state index is 4.22. The Labute approximate surface area is 118 Å². The second kappa shape index (κ2) is 6.53. The lowest BCUT2D eigenvalue weighted by Crippen LogP contribution is -2.27. The Morgan fingerprint density at radius 2 is 1.37 bits per heavy atom. The highest BCUT2D eigenvalue weighted by molar-refractivity contribution is 6.73. The van der Waals surface area contributed by atoms with E-state index in [4.69, 9.17) is 0 Å². The fourth-order valence-electron chi connectivity index (χ4n) is 2.37. The molecule has 0 saturated heterocycles.